The minimum atomic E-state index is -0.0287. The molecular formula is C19H18BrN3O2S. The third-order valence-corrected chi connectivity index (χ3v) is 5.60. The standard InChI is InChI=1S/C19H18BrN3O2S/c1-26-19-21-16-8-9-23(11-15(16)18(24)22-19)10-14-6-7-17(25-14)12-2-4-13(20)5-3-12/h2-7H,8-11H2,1H3,(H,21,22,24). The molecule has 0 fully saturated rings. The third-order valence-electron chi connectivity index (χ3n) is 4.49. The average Bonchev–Trinajstić information content (AvgIpc) is 3.11. The van der Waals surface area contributed by atoms with Crippen LogP contribution in [0.25, 0.3) is 11.3 Å². The minimum Gasteiger partial charge on any atom is -0.460 e. The number of nitrogens with one attached hydrogen (secondary N) is 1. The second-order valence-corrected chi connectivity index (χ2v) is 7.94. The number of aromatic nitrogens is 2. The van der Waals surface area contributed by atoms with E-state index < -0.39 is 0 Å². The van der Waals surface area contributed by atoms with Gasteiger partial charge >= 0.3 is 0 Å². The predicted molar refractivity (Wildman–Crippen MR) is 106 cm³/mol. The maximum Gasteiger partial charge on any atom is 0.256 e. The summed E-state index contributed by atoms with van der Waals surface area (Å²) in [7, 11) is 0. The number of furan rings is 1. The number of H-pyrrole nitrogens is 1. The lowest BCUT2D eigenvalue weighted by atomic mass is 10.1. The van der Waals surface area contributed by atoms with E-state index in [2.05, 4.69) is 30.8 Å². The molecule has 3 heterocycles. The molecule has 0 atom stereocenters. The van der Waals surface area contributed by atoms with E-state index in [-0.39, 0.29) is 5.56 Å². The average molecular weight is 432 g/mol. The van der Waals surface area contributed by atoms with Gasteiger partial charge < -0.3 is 9.40 Å². The van der Waals surface area contributed by atoms with E-state index in [0.717, 1.165) is 45.8 Å². The lowest BCUT2D eigenvalue weighted by Crippen LogP contribution is -2.35. The number of nitrogens with zero attached hydrogens (tertiary/aromatic N) is 2. The van der Waals surface area contributed by atoms with Crippen LogP contribution < -0.4 is 5.56 Å². The van der Waals surface area contributed by atoms with Crippen molar-refractivity contribution in [2.75, 3.05) is 12.8 Å². The van der Waals surface area contributed by atoms with E-state index >= 15 is 0 Å². The van der Waals surface area contributed by atoms with Gasteiger partial charge in [-0.15, -0.1) is 0 Å². The highest BCUT2D eigenvalue weighted by atomic mass is 79.9. The molecule has 3 aromatic rings. The minimum absolute atomic E-state index is 0.0287. The number of aromatic amines is 1. The summed E-state index contributed by atoms with van der Waals surface area (Å²) < 4.78 is 7.05. The van der Waals surface area contributed by atoms with Crippen molar-refractivity contribution in [3.63, 3.8) is 0 Å². The molecule has 0 radical (unpaired) electrons. The quantitative estimate of drug-likeness (QED) is 0.498. The molecule has 0 spiro atoms. The van der Waals surface area contributed by atoms with Crippen molar-refractivity contribution in [3.8, 4) is 11.3 Å². The van der Waals surface area contributed by atoms with E-state index in [1.807, 2.05) is 42.7 Å². The highest BCUT2D eigenvalue weighted by molar-refractivity contribution is 9.10. The van der Waals surface area contributed by atoms with Gasteiger partial charge in [0.1, 0.15) is 11.5 Å². The molecule has 1 aliphatic heterocycles. The highest BCUT2D eigenvalue weighted by Gasteiger charge is 2.22. The highest BCUT2D eigenvalue weighted by Crippen LogP contribution is 2.25. The summed E-state index contributed by atoms with van der Waals surface area (Å²) in [4.78, 5) is 21.9. The van der Waals surface area contributed by atoms with Crippen LogP contribution in [0.15, 0.2) is 55.2 Å². The van der Waals surface area contributed by atoms with Gasteiger partial charge in [0.05, 0.1) is 17.8 Å². The molecule has 0 saturated heterocycles. The van der Waals surface area contributed by atoms with Crippen molar-refractivity contribution in [3.05, 3.63) is 68.2 Å². The summed E-state index contributed by atoms with van der Waals surface area (Å²) in [5.41, 5.74) is 2.71. The summed E-state index contributed by atoms with van der Waals surface area (Å²) in [6, 6.07) is 12.1. The summed E-state index contributed by atoms with van der Waals surface area (Å²) in [6.07, 6.45) is 2.70. The summed E-state index contributed by atoms with van der Waals surface area (Å²) in [5.74, 6) is 1.76. The van der Waals surface area contributed by atoms with Crippen LogP contribution >= 0.6 is 27.7 Å². The van der Waals surface area contributed by atoms with E-state index in [1.165, 1.54) is 11.8 Å². The number of hydrogen-bond acceptors (Lipinski definition) is 5. The lowest BCUT2D eigenvalue weighted by molar-refractivity contribution is 0.222. The number of benzene rings is 1. The van der Waals surface area contributed by atoms with Gasteiger partial charge in [-0.25, -0.2) is 4.98 Å². The van der Waals surface area contributed by atoms with Gasteiger partial charge in [-0.2, -0.15) is 0 Å². The summed E-state index contributed by atoms with van der Waals surface area (Å²) in [5, 5.41) is 0.687. The number of hydrogen-bond donors (Lipinski definition) is 1. The Morgan fingerprint density at radius 2 is 2.08 bits per heavy atom. The molecule has 0 aliphatic carbocycles. The first kappa shape index (κ1) is 17.6. The fraction of sp³-hybridized carbons (Fsp3) is 0.263. The van der Waals surface area contributed by atoms with Gasteiger partial charge in [0, 0.05) is 29.5 Å². The van der Waals surface area contributed by atoms with E-state index in [4.69, 9.17) is 4.42 Å². The molecule has 0 amide bonds. The molecule has 134 valence electrons. The Morgan fingerprint density at radius 1 is 1.27 bits per heavy atom. The molecule has 4 rings (SSSR count). The van der Waals surface area contributed by atoms with Crippen LogP contribution in [0, 0.1) is 0 Å². The van der Waals surface area contributed by atoms with Crippen molar-refractivity contribution in [2.45, 2.75) is 24.7 Å². The van der Waals surface area contributed by atoms with E-state index in [9.17, 15) is 4.79 Å². The third kappa shape index (κ3) is 3.65. The number of rotatable bonds is 4. The van der Waals surface area contributed by atoms with Gasteiger partial charge in [-0.1, -0.05) is 39.8 Å². The molecule has 7 heteroatoms. The second kappa shape index (κ2) is 7.42. The summed E-state index contributed by atoms with van der Waals surface area (Å²) in [6.45, 7) is 2.14. The zero-order valence-corrected chi connectivity index (χ0v) is 16.7. The van der Waals surface area contributed by atoms with E-state index in [1.54, 1.807) is 0 Å². The largest absolute Gasteiger partial charge is 0.460 e. The fourth-order valence-corrected chi connectivity index (χ4v) is 3.80. The molecule has 1 aliphatic rings. The van der Waals surface area contributed by atoms with Crippen molar-refractivity contribution in [1.82, 2.24) is 14.9 Å². The molecule has 0 unspecified atom stereocenters. The van der Waals surface area contributed by atoms with Crippen LogP contribution in [0.3, 0.4) is 0 Å². The first-order valence-corrected chi connectivity index (χ1v) is 10.4. The zero-order chi connectivity index (χ0) is 18.1. The Bertz CT molecular complexity index is 981. The Kier molecular flexibility index (Phi) is 5.02. The molecular weight excluding hydrogens is 414 g/mol. The normalized spacial score (nSPS) is 14.4. The number of thioether (sulfide) groups is 1. The number of halogens is 1. The van der Waals surface area contributed by atoms with Crippen LogP contribution in [0.5, 0.6) is 0 Å². The number of fused-ring (bicyclic) bond motifs is 1. The Labute approximate surface area is 164 Å². The van der Waals surface area contributed by atoms with Crippen molar-refractivity contribution in [1.29, 1.82) is 0 Å². The van der Waals surface area contributed by atoms with Gasteiger partial charge in [0.25, 0.3) is 5.56 Å². The van der Waals surface area contributed by atoms with E-state index in [0.29, 0.717) is 18.2 Å². The van der Waals surface area contributed by atoms with Crippen LogP contribution in [0.4, 0.5) is 0 Å². The Balaban J connectivity index is 1.49. The van der Waals surface area contributed by atoms with Crippen molar-refractivity contribution in [2.24, 2.45) is 0 Å². The zero-order valence-electron chi connectivity index (χ0n) is 14.3. The molecule has 1 aromatic carbocycles. The molecule has 26 heavy (non-hydrogen) atoms. The summed E-state index contributed by atoms with van der Waals surface area (Å²) >= 11 is 4.91. The molecule has 0 bridgehead atoms. The van der Waals surface area contributed by atoms with Crippen LogP contribution in [0.1, 0.15) is 17.0 Å². The molecule has 1 N–H and O–H groups in total. The maximum absolute atomic E-state index is 12.3. The Morgan fingerprint density at radius 3 is 2.85 bits per heavy atom. The molecule has 0 saturated carbocycles. The smallest absolute Gasteiger partial charge is 0.256 e. The van der Waals surface area contributed by atoms with Crippen LogP contribution in [-0.4, -0.2) is 27.7 Å². The maximum atomic E-state index is 12.3. The Hall–Kier alpha value is -1.83. The van der Waals surface area contributed by atoms with Crippen molar-refractivity contribution < 1.29 is 4.42 Å². The monoisotopic (exact) mass is 431 g/mol. The van der Waals surface area contributed by atoms with Gasteiger partial charge in [0.2, 0.25) is 0 Å². The SMILES string of the molecule is CSc1nc2c(c(=O)[nH]1)CN(Cc1ccc(-c3ccc(Br)cc3)o1)CC2. The first-order chi connectivity index (χ1) is 12.6. The molecule has 2 aromatic heterocycles. The topological polar surface area (TPSA) is 62.1 Å². The van der Waals surface area contributed by atoms with Crippen LogP contribution in [-0.2, 0) is 19.5 Å². The first-order valence-electron chi connectivity index (χ1n) is 8.35. The fourth-order valence-electron chi connectivity index (χ4n) is 3.14. The second-order valence-electron chi connectivity index (χ2n) is 6.23. The molecule has 5 nitrogen and oxygen atoms in total. The van der Waals surface area contributed by atoms with Gasteiger partial charge in [-0.3, -0.25) is 9.69 Å². The lowest BCUT2D eigenvalue weighted by Gasteiger charge is -2.26. The van der Waals surface area contributed by atoms with Gasteiger partial charge in [-0.05, 0) is 30.5 Å². The van der Waals surface area contributed by atoms with Crippen molar-refractivity contribution >= 4 is 27.7 Å². The predicted octanol–water partition coefficient (Wildman–Crippen LogP) is 4.07. The van der Waals surface area contributed by atoms with Gasteiger partial charge in [0.15, 0.2) is 5.16 Å². The van der Waals surface area contributed by atoms with Crippen LogP contribution in [0.2, 0.25) is 0 Å².